The molecule has 3 saturated heterocycles. The first kappa shape index (κ1) is 17.6. The van der Waals surface area contributed by atoms with E-state index in [4.69, 9.17) is 14.2 Å². The Morgan fingerprint density at radius 1 is 1.08 bits per heavy atom. The summed E-state index contributed by atoms with van der Waals surface area (Å²) in [4.78, 5) is 13.9. The van der Waals surface area contributed by atoms with E-state index >= 15 is 0 Å². The molecule has 4 rings (SSSR count). The van der Waals surface area contributed by atoms with Gasteiger partial charge in [0.15, 0.2) is 0 Å². The summed E-state index contributed by atoms with van der Waals surface area (Å²) in [7, 11) is 0. The number of ether oxygens (including phenoxy) is 3. The second kappa shape index (κ2) is 6.74. The molecule has 0 unspecified atom stereocenters. The molecule has 7 heteroatoms. The smallest absolute Gasteiger partial charge is 0.249 e. The zero-order chi connectivity index (χ0) is 17.5. The maximum atomic E-state index is 13.0. The van der Waals surface area contributed by atoms with Gasteiger partial charge in [-0.3, -0.25) is 4.79 Å². The highest BCUT2D eigenvalue weighted by Gasteiger charge is 2.55. The van der Waals surface area contributed by atoms with Gasteiger partial charge in [-0.05, 0) is 25.2 Å². The number of alkyl halides is 2. The Morgan fingerprint density at radius 2 is 1.80 bits per heavy atom. The first-order valence-electron chi connectivity index (χ1n) is 9.45. The van der Waals surface area contributed by atoms with Crippen LogP contribution >= 0.6 is 0 Å². The largest absolute Gasteiger partial charge is 0.381 e. The van der Waals surface area contributed by atoms with Gasteiger partial charge in [0.05, 0.1) is 19.2 Å². The highest BCUT2D eigenvalue weighted by Crippen LogP contribution is 2.45. The predicted octanol–water partition coefficient (Wildman–Crippen LogP) is 2.23. The van der Waals surface area contributed by atoms with Gasteiger partial charge in [0.25, 0.3) is 0 Å². The molecule has 0 aromatic rings. The second-order valence-electron chi connectivity index (χ2n) is 8.19. The minimum Gasteiger partial charge on any atom is -0.381 e. The summed E-state index contributed by atoms with van der Waals surface area (Å²) in [6.45, 7) is 4.09. The van der Waals surface area contributed by atoms with E-state index in [0.717, 1.165) is 45.5 Å². The van der Waals surface area contributed by atoms with Crippen LogP contribution in [0.3, 0.4) is 0 Å². The van der Waals surface area contributed by atoms with Gasteiger partial charge in [0, 0.05) is 51.6 Å². The molecule has 1 saturated carbocycles. The van der Waals surface area contributed by atoms with Gasteiger partial charge < -0.3 is 19.1 Å². The minimum atomic E-state index is -2.65. The number of hydrogen-bond acceptors (Lipinski definition) is 4. The predicted molar refractivity (Wildman–Crippen MR) is 85.5 cm³/mol. The number of likely N-dealkylation sites (tertiary alicyclic amines) is 1. The Kier molecular flexibility index (Phi) is 4.75. The van der Waals surface area contributed by atoms with E-state index in [1.54, 1.807) is 4.90 Å². The van der Waals surface area contributed by atoms with Gasteiger partial charge in [-0.1, -0.05) is 0 Å². The second-order valence-corrected chi connectivity index (χ2v) is 8.19. The summed E-state index contributed by atoms with van der Waals surface area (Å²) >= 11 is 0. The SMILES string of the molecule is O=C(C1CC(F)(F)C1)N1CC2(C[C@@H](OCC3CCOCC3)CCO2)C1. The summed E-state index contributed by atoms with van der Waals surface area (Å²) in [6.07, 6.45) is 3.36. The van der Waals surface area contributed by atoms with Crippen molar-refractivity contribution in [2.45, 2.75) is 56.2 Å². The van der Waals surface area contributed by atoms with Crippen LogP contribution in [0, 0.1) is 11.8 Å². The molecule has 4 aliphatic rings. The van der Waals surface area contributed by atoms with Gasteiger partial charge >= 0.3 is 0 Å². The monoisotopic (exact) mass is 359 g/mol. The van der Waals surface area contributed by atoms with Gasteiger partial charge in [-0.15, -0.1) is 0 Å². The summed E-state index contributed by atoms with van der Waals surface area (Å²) in [5, 5.41) is 0. The van der Waals surface area contributed by atoms with E-state index in [9.17, 15) is 13.6 Å². The molecule has 25 heavy (non-hydrogen) atoms. The van der Waals surface area contributed by atoms with Crippen LogP contribution in [-0.4, -0.2) is 68.0 Å². The molecule has 3 heterocycles. The molecule has 1 amide bonds. The quantitative estimate of drug-likeness (QED) is 0.772. The van der Waals surface area contributed by atoms with E-state index in [1.165, 1.54) is 0 Å². The van der Waals surface area contributed by atoms with Gasteiger partial charge in [-0.25, -0.2) is 8.78 Å². The third-order valence-corrected chi connectivity index (χ3v) is 6.07. The number of rotatable bonds is 4. The third kappa shape index (κ3) is 3.83. The van der Waals surface area contributed by atoms with Crippen LogP contribution in [0.4, 0.5) is 8.78 Å². The van der Waals surface area contributed by atoms with Crippen molar-refractivity contribution in [3.05, 3.63) is 0 Å². The number of hydrogen-bond donors (Lipinski definition) is 0. The van der Waals surface area contributed by atoms with Crippen LogP contribution in [0.15, 0.2) is 0 Å². The van der Waals surface area contributed by atoms with Crippen LogP contribution in [-0.2, 0) is 19.0 Å². The molecule has 1 spiro atoms. The maximum absolute atomic E-state index is 13.0. The standard InChI is InChI=1S/C18H27F2NO4/c19-18(20)7-14(8-18)16(22)21-11-17(12-21)9-15(3-6-25-17)24-10-13-1-4-23-5-2-13/h13-15H,1-12H2/t15-/m0/s1. The van der Waals surface area contributed by atoms with Crippen molar-refractivity contribution in [2.24, 2.45) is 11.8 Å². The lowest BCUT2D eigenvalue weighted by Crippen LogP contribution is -2.68. The highest BCUT2D eigenvalue weighted by molar-refractivity contribution is 5.81. The fraction of sp³-hybridized carbons (Fsp3) is 0.944. The van der Waals surface area contributed by atoms with Crippen molar-refractivity contribution in [1.82, 2.24) is 4.90 Å². The first-order valence-corrected chi connectivity index (χ1v) is 9.45. The minimum absolute atomic E-state index is 0.134. The van der Waals surface area contributed by atoms with Crippen molar-refractivity contribution in [2.75, 3.05) is 39.5 Å². The van der Waals surface area contributed by atoms with Crippen LogP contribution in [0.1, 0.15) is 38.5 Å². The summed E-state index contributed by atoms with van der Waals surface area (Å²) in [5.41, 5.74) is -0.319. The van der Waals surface area contributed by atoms with Crippen molar-refractivity contribution >= 4 is 5.91 Å². The van der Waals surface area contributed by atoms with E-state index in [1.807, 2.05) is 0 Å². The van der Waals surface area contributed by atoms with Crippen molar-refractivity contribution in [1.29, 1.82) is 0 Å². The van der Waals surface area contributed by atoms with Crippen molar-refractivity contribution < 1.29 is 27.8 Å². The van der Waals surface area contributed by atoms with E-state index in [2.05, 4.69) is 0 Å². The molecule has 0 aromatic carbocycles. The van der Waals surface area contributed by atoms with Crippen LogP contribution in [0.5, 0.6) is 0 Å². The lowest BCUT2D eigenvalue weighted by Gasteiger charge is -2.54. The Morgan fingerprint density at radius 3 is 2.48 bits per heavy atom. The van der Waals surface area contributed by atoms with E-state index < -0.39 is 11.8 Å². The topological polar surface area (TPSA) is 48.0 Å². The molecular formula is C18H27F2NO4. The molecule has 1 atom stereocenters. The summed E-state index contributed by atoms with van der Waals surface area (Å²) < 4.78 is 43.3. The molecule has 0 radical (unpaired) electrons. The van der Waals surface area contributed by atoms with Crippen LogP contribution in [0.2, 0.25) is 0 Å². The fourth-order valence-corrected chi connectivity index (χ4v) is 4.43. The molecule has 1 aliphatic carbocycles. The van der Waals surface area contributed by atoms with Gasteiger partial charge in [0.2, 0.25) is 11.8 Å². The molecule has 0 bridgehead atoms. The first-order chi connectivity index (χ1) is 11.9. The number of halogens is 2. The fourth-order valence-electron chi connectivity index (χ4n) is 4.43. The van der Waals surface area contributed by atoms with Crippen molar-refractivity contribution in [3.8, 4) is 0 Å². The summed E-state index contributed by atoms with van der Waals surface area (Å²) in [5.74, 6) is -2.71. The average Bonchev–Trinajstić information content (AvgIpc) is 2.56. The number of nitrogens with zero attached hydrogens (tertiary/aromatic N) is 1. The summed E-state index contributed by atoms with van der Waals surface area (Å²) in [6, 6.07) is 0. The lowest BCUT2D eigenvalue weighted by atomic mass is 9.77. The molecular weight excluding hydrogens is 332 g/mol. The normalized spacial score (nSPS) is 32.2. The molecule has 3 aliphatic heterocycles. The Bertz CT molecular complexity index is 495. The number of amides is 1. The third-order valence-electron chi connectivity index (χ3n) is 6.07. The van der Waals surface area contributed by atoms with Crippen LogP contribution < -0.4 is 0 Å². The number of carbonyl (C=O) groups excluding carboxylic acids is 1. The van der Waals surface area contributed by atoms with E-state index in [0.29, 0.717) is 25.6 Å². The molecule has 5 nitrogen and oxygen atoms in total. The molecule has 0 N–H and O–H groups in total. The Balaban J connectivity index is 1.21. The lowest BCUT2D eigenvalue weighted by molar-refractivity contribution is -0.211. The van der Waals surface area contributed by atoms with Gasteiger partial charge in [0.1, 0.15) is 5.60 Å². The average molecular weight is 359 g/mol. The Hall–Kier alpha value is -0.790. The van der Waals surface area contributed by atoms with Gasteiger partial charge in [-0.2, -0.15) is 0 Å². The van der Waals surface area contributed by atoms with E-state index in [-0.39, 0.29) is 30.5 Å². The maximum Gasteiger partial charge on any atom is 0.249 e. The number of carbonyl (C=O) groups is 1. The molecule has 4 fully saturated rings. The van der Waals surface area contributed by atoms with Crippen LogP contribution in [0.25, 0.3) is 0 Å². The zero-order valence-electron chi connectivity index (χ0n) is 14.6. The highest BCUT2D eigenvalue weighted by atomic mass is 19.3. The molecule has 142 valence electrons. The Labute approximate surface area is 147 Å². The zero-order valence-corrected chi connectivity index (χ0v) is 14.6. The van der Waals surface area contributed by atoms with Crippen molar-refractivity contribution in [3.63, 3.8) is 0 Å². The molecule has 0 aromatic heterocycles.